The van der Waals surface area contributed by atoms with Gasteiger partial charge < -0.3 is 5.11 Å². The summed E-state index contributed by atoms with van der Waals surface area (Å²) in [6.45, 7) is 0.0176. The molecule has 1 saturated carbocycles. The third-order valence-electron chi connectivity index (χ3n) is 3.89. The van der Waals surface area contributed by atoms with Crippen LogP contribution in [0, 0.1) is 23.7 Å². The fourth-order valence-electron chi connectivity index (χ4n) is 3.28. The summed E-state index contributed by atoms with van der Waals surface area (Å²) in [5.41, 5.74) is 0. The molecule has 1 heterocycles. The monoisotopic (exact) mass is 207 g/mol. The largest absolute Gasteiger partial charge is 0.395 e. The van der Waals surface area contributed by atoms with E-state index in [2.05, 4.69) is 12.2 Å². The molecule has 0 aromatic rings. The van der Waals surface area contributed by atoms with Crippen molar-refractivity contribution >= 4 is 11.8 Å². The topological polar surface area (TPSA) is 57.6 Å². The van der Waals surface area contributed by atoms with E-state index in [9.17, 15) is 9.59 Å². The Labute approximate surface area is 87.6 Å². The van der Waals surface area contributed by atoms with Gasteiger partial charge in [-0.3, -0.25) is 14.5 Å². The van der Waals surface area contributed by atoms with Crippen LogP contribution in [-0.2, 0) is 9.59 Å². The maximum Gasteiger partial charge on any atom is 0.233 e. The van der Waals surface area contributed by atoms with Crippen molar-refractivity contribution in [3.05, 3.63) is 12.2 Å². The van der Waals surface area contributed by atoms with E-state index >= 15 is 0 Å². The molecule has 2 fully saturated rings. The van der Waals surface area contributed by atoms with E-state index in [1.807, 2.05) is 0 Å². The highest BCUT2D eigenvalue weighted by atomic mass is 16.3. The molecule has 4 heteroatoms. The fourth-order valence-corrected chi connectivity index (χ4v) is 3.28. The molecule has 0 radical (unpaired) electrons. The van der Waals surface area contributed by atoms with Crippen LogP contribution in [0.2, 0.25) is 0 Å². The van der Waals surface area contributed by atoms with Gasteiger partial charge in [-0.05, 0) is 18.3 Å². The molecule has 2 bridgehead atoms. The second kappa shape index (κ2) is 2.92. The molecular weight excluding hydrogens is 194 g/mol. The number of rotatable bonds is 2. The molecule has 1 N–H and O–H groups in total. The SMILES string of the molecule is O=C1[C@H]2[C@H](C(=O)N1CCO)[C@H]1C=C[C@H]2C1. The predicted molar refractivity (Wildman–Crippen MR) is 51.5 cm³/mol. The molecule has 15 heavy (non-hydrogen) atoms. The molecule has 3 aliphatic rings. The number of hydrogen-bond donors (Lipinski definition) is 1. The maximum absolute atomic E-state index is 11.9. The Morgan fingerprint density at radius 3 is 2.20 bits per heavy atom. The predicted octanol–water partition coefficient (Wildman–Crippen LogP) is -0.214. The Hall–Kier alpha value is -1.16. The van der Waals surface area contributed by atoms with E-state index in [1.165, 1.54) is 4.90 Å². The number of nitrogens with zero attached hydrogens (tertiary/aromatic N) is 1. The Balaban J connectivity index is 1.93. The van der Waals surface area contributed by atoms with Gasteiger partial charge in [0.05, 0.1) is 25.0 Å². The summed E-state index contributed by atoms with van der Waals surface area (Å²) in [6.07, 6.45) is 5.10. The number of allylic oxidation sites excluding steroid dienone is 2. The van der Waals surface area contributed by atoms with Crippen LogP contribution in [-0.4, -0.2) is 35.0 Å². The summed E-state index contributed by atoms with van der Waals surface area (Å²) in [5.74, 6) is 0.130. The smallest absolute Gasteiger partial charge is 0.233 e. The van der Waals surface area contributed by atoms with Crippen molar-refractivity contribution in [1.29, 1.82) is 0 Å². The molecule has 2 amide bonds. The zero-order chi connectivity index (χ0) is 10.6. The Kier molecular flexibility index (Phi) is 1.77. The maximum atomic E-state index is 11.9. The Morgan fingerprint density at radius 1 is 1.20 bits per heavy atom. The highest BCUT2D eigenvalue weighted by molar-refractivity contribution is 6.06. The van der Waals surface area contributed by atoms with E-state index < -0.39 is 0 Å². The lowest BCUT2D eigenvalue weighted by Gasteiger charge is -2.15. The highest BCUT2D eigenvalue weighted by Gasteiger charge is 2.58. The van der Waals surface area contributed by atoms with E-state index in [1.54, 1.807) is 0 Å². The van der Waals surface area contributed by atoms with Crippen LogP contribution in [0.5, 0.6) is 0 Å². The number of carbonyl (C=O) groups is 2. The van der Waals surface area contributed by atoms with Gasteiger partial charge in [-0.2, -0.15) is 0 Å². The second-order valence-electron chi connectivity index (χ2n) is 4.55. The lowest BCUT2D eigenvalue weighted by molar-refractivity contribution is -0.141. The minimum atomic E-state index is -0.139. The molecule has 1 aliphatic heterocycles. The normalized spacial score (nSPS) is 41.8. The van der Waals surface area contributed by atoms with Crippen LogP contribution >= 0.6 is 0 Å². The van der Waals surface area contributed by atoms with Crippen molar-refractivity contribution in [2.45, 2.75) is 6.42 Å². The van der Waals surface area contributed by atoms with Crippen molar-refractivity contribution in [3.8, 4) is 0 Å². The van der Waals surface area contributed by atoms with Crippen molar-refractivity contribution in [3.63, 3.8) is 0 Å². The van der Waals surface area contributed by atoms with E-state index in [-0.39, 0.29) is 48.6 Å². The third kappa shape index (κ3) is 1.00. The average molecular weight is 207 g/mol. The summed E-state index contributed by atoms with van der Waals surface area (Å²) >= 11 is 0. The van der Waals surface area contributed by atoms with E-state index in [0.717, 1.165) is 6.42 Å². The summed E-state index contributed by atoms with van der Waals surface area (Å²) in [7, 11) is 0. The number of β-amino-alcohol motifs (C(OH)–C–C–N with tert-alkyl or cyclic N) is 1. The zero-order valence-corrected chi connectivity index (χ0v) is 8.30. The van der Waals surface area contributed by atoms with Crippen LogP contribution in [0.3, 0.4) is 0 Å². The first-order chi connectivity index (χ1) is 7.24. The number of carbonyl (C=O) groups excluding carboxylic acids is 2. The zero-order valence-electron chi connectivity index (χ0n) is 8.30. The first kappa shape index (κ1) is 9.09. The molecule has 0 spiro atoms. The van der Waals surface area contributed by atoms with Crippen LogP contribution in [0.25, 0.3) is 0 Å². The van der Waals surface area contributed by atoms with Gasteiger partial charge in [0.1, 0.15) is 0 Å². The van der Waals surface area contributed by atoms with Gasteiger partial charge in [-0.25, -0.2) is 0 Å². The fraction of sp³-hybridized carbons (Fsp3) is 0.636. The van der Waals surface area contributed by atoms with Gasteiger partial charge in [0.15, 0.2) is 0 Å². The molecule has 2 aliphatic carbocycles. The number of likely N-dealkylation sites (tertiary alicyclic amines) is 1. The van der Waals surface area contributed by atoms with Gasteiger partial charge in [-0.1, -0.05) is 12.2 Å². The Bertz CT molecular complexity index is 333. The van der Waals surface area contributed by atoms with Gasteiger partial charge >= 0.3 is 0 Å². The quantitative estimate of drug-likeness (QED) is 0.503. The lowest BCUT2D eigenvalue weighted by Crippen LogP contribution is -2.35. The number of fused-ring (bicyclic) bond motifs is 5. The van der Waals surface area contributed by atoms with E-state index in [0.29, 0.717) is 0 Å². The van der Waals surface area contributed by atoms with Crippen molar-refractivity contribution in [1.82, 2.24) is 4.90 Å². The third-order valence-corrected chi connectivity index (χ3v) is 3.89. The van der Waals surface area contributed by atoms with Gasteiger partial charge in [0.25, 0.3) is 0 Å². The van der Waals surface area contributed by atoms with Crippen LogP contribution in [0.1, 0.15) is 6.42 Å². The van der Waals surface area contributed by atoms with Crippen molar-refractivity contribution < 1.29 is 14.7 Å². The standard InChI is InChI=1S/C11H13NO3/c13-4-3-12-10(14)8-6-1-2-7(5-6)9(8)11(12)15/h1-2,6-9,13H,3-5H2/t6-,7-,8+,9+/m0/s1. The number of aliphatic hydroxyl groups excluding tert-OH is 1. The van der Waals surface area contributed by atoms with Crippen LogP contribution < -0.4 is 0 Å². The minimum absolute atomic E-state index is 0.0732. The molecule has 0 aromatic heterocycles. The molecule has 0 aromatic carbocycles. The summed E-state index contributed by atoms with van der Waals surface area (Å²) < 4.78 is 0. The van der Waals surface area contributed by atoms with Crippen LogP contribution in [0.4, 0.5) is 0 Å². The number of amides is 2. The number of imide groups is 1. The lowest BCUT2D eigenvalue weighted by atomic mass is 9.85. The van der Waals surface area contributed by atoms with Gasteiger partial charge in [0.2, 0.25) is 11.8 Å². The van der Waals surface area contributed by atoms with Gasteiger partial charge in [0, 0.05) is 0 Å². The second-order valence-corrected chi connectivity index (χ2v) is 4.55. The first-order valence-corrected chi connectivity index (χ1v) is 5.38. The molecule has 4 atom stereocenters. The van der Waals surface area contributed by atoms with Crippen LogP contribution in [0.15, 0.2) is 12.2 Å². The first-order valence-electron chi connectivity index (χ1n) is 5.38. The number of hydrogen-bond acceptors (Lipinski definition) is 3. The molecule has 0 unspecified atom stereocenters. The molecule has 3 rings (SSSR count). The summed E-state index contributed by atoms with van der Waals surface area (Å²) in [6, 6.07) is 0. The van der Waals surface area contributed by atoms with E-state index in [4.69, 9.17) is 5.11 Å². The molecule has 80 valence electrons. The van der Waals surface area contributed by atoms with Crippen molar-refractivity contribution in [2.75, 3.05) is 13.2 Å². The molecular formula is C11H13NO3. The average Bonchev–Trinajstić information content (AvgIpc) is 2.87. The highest BCUT2D eigenvalue weighted by Crippen LogP contribution is 2.52. The molecule has 4 nitrogen and oxygen atoms in total. The molecule has 1 saturated heterocycles. The Morgan fingerprint density at radius 2 is 1.73 bits per heavy atom. The summed E-state index contributed by atoms with van der Waals surface area (Å²) in [4.78, 5) is 25.1. The van der Waals surface area contributed by atoms with Crippen molar-refractivity contribution in [2.24, 2.45) is 23.7 Å². The van der Waals surface area contributed by atoms with Gasteiger partial charge in [-0.15, -0.1) is 0 Å². The minimum Gasteiger partial charge on any atom is -0.395 e. The summed E-state index contributed by atoms with van der Waals surface area (Å²) in [5, 5.41) is 8.81. The number of aliphatic hydroxyl groups is 1.